The molecule has 234 valence electrons. The topological polar surface area (TPSA) is 87.8 Å². The van der Waals surface area contributed by atoms with Gasteiger partial charge >= 0.3 is 12.1 Å². The third kappa shape index (κ3) is 6.50. The zero-order chi connectivity index (χ0) is 32.7. The average molecular weight is 640 g/mol. The predicted octanol–water partition coefficient (Wildman–Crippen LogP) is 8.32. The first-order valence-corrected chi connectivity index (χ1v) is 15.3. The van der Waals surface area contributed by atoms with Gasteiger partial charge in [0.2, 0.25) is 15.8 Å². The lowest BCUT2D eigenvalue weighted by Crippen LogP contribution is -2.31. The van der Waals surface area contributed by atoms with Crippen LogP contribution in [0.3, 0.4) is 0 Å². The molecule has 0 aliphatic carbocycles. The number of nitrogens with zero attached hydrogens (tertiary/aromatic N) is 1. The molecule has 1 N–H and O–H groups in total. The highest BCUT2D eigenvalue weighted by atomic mass is 32.2. The maximum Gasteiger partial charge on any atom is 0.449 e. The highest BCUT2D eigenvalue weighted by Gasteiger charge is 2.36. The molecule has 0 aliphatic rings. The number of furan rings is 1. The molecule has 0 bridgehead atoms. The molecule has 1 aromatic heterocycles. The zero-order valence-electron chi connectivity index (χ0n) is 24.5. The summed E-state index contributed by atoms with van der Waals surface area (Å²) in [6, 6.07) is 22.7. The predicted molar refractivity (Wildman–Crippen MR) is 161 cm³/mol. The molecule has 11 heteroatoms. The Hall–Kier alpha value is -4.48. The van der Waals surface area contributed by atoms with Crippen LogP contribution in [0.2, 0.25) is 0 Å². The number of halogens is 4. The Kier molecular flexibility index (Phi) is 8.37. The molecule has 0 amide bonds. The quantitative estimate of drug-likeness (QED) is 0.164. The van der Waals surface area contributed by atoms with Crippen LogP contribution in [0.5, 0.6) is 0 Å². The lowest BCUT2D eigenvalue weighted by molar-refractivity contribution is -0.153. The van der Waals surface area contributed by atoms with Crippen LogP contribution in [0.25, 0.3) is 21.9 Å². The number of sulfonamides is 1. The van der Waals surface area contributed by atoms with Crippen LogP contribution in [0, 0.1) is 12.7 Å². The van der Waals surface area contributed by atoms with E-state index in [-0.39, 0.29) is 22.6 Å². The van der Waals surface area contributed by atoms with Crippen molar-refractivity contribution in [2.75, 3.05) is 0 Å². The van der Waals surface area contributed by atoms with Crippen molar-refractivity contribution in [3.63, 3.8) is 0 Å². The van der Waals surface area contributed by atoms with Crippen molar-refractivity contribution in [3.8, 4) is 11.1 Å². The van der Waals surface area contributed by atoms with E-state index in [1.165, 1.54) is 12.1 Å². The fourth-order valence-electron chi connectivity index (χ4n) is 5.08. The van der Waals surface area contributed by atoms with Crippen LogP contribution in [-0.2, 0) is 39.5 Å². The number of benzene rings is 4. The number of hydrogen-bond acceptors (Lipinski definition) is 4. The number of aliphatic carboxylic acids is 1. The van der Waals surface area contributed by atoms with E-state index >= 15 is 0 Å². The Morgan fingerprint density at radius 1 is 0.867 bits per heavy atom. The van der Waals surface area contributed by atoms with Gasteiger partial charge in [0, 0.05) is 11.9 Å². The lowest BCUT2D eigenvalue weighted by atomic mass is 9.83. The van der Waals surface area contributed by atoms with Gasteiger partial charge in [0.25, 0.3) is 0 Å². The van der Waals surface area contributed by atoms with Gasteiger partial charge in [-0.25, -0.2) is 12.8 Å². The van der Waals surface area contributed by atoms with Gasteiger partial charge in [-0.2, -0.15) is 17.5 Å². The van der Waals surface area contributed by atoms with Gasteiger partial charge in [0.05, 0.1) is 16.9 Å². The second-order valence-corrected chi connectivity index (χ2v) is 13.2. The Bertz CT molecular complexity index is 2000. The van der Waals surface area contributed by atoms with Crippen LogP contribution in [0.15, 0.2) is 100 Å². The van der Waals surface area contributed by atoms with E-state index < -0.39 is 45.7 Å². The summed E-state index contributed by atoms with van der Waals surface area (Å²) in [6.45, 7) is 4.10. The van der Waals surface area contributed by atoms with Crippen LogP contribution < -0.4 is 0 Å². The van der Waals surface area contributed by atoms with E-state index in [9.17, 15) is 35.9 Å². The van der Waals surface area contributed by atoms with E-state index in [4.69, 9.17) is 4.42 Å². The number of hydrogen-bond donors (Lipinski definition) is 1. The summed E-state index contributed by atoms with van der Waals surface area (Å²) in [5.41, 5.74) is 1.92. The van der Waals surface area contributed by atoms with Crippen LogP contribution in [0.1, 0.15) is 42.1 Å². The molecule has 0 fully saturated rings. The van der Waals surface area contributed by atoms with Gasteiger partial charge in [-0.1, -0.05) is 66.7 Å². The van der Waals surface area contributed by atoms with Crippen molar-refractivity contribution in [3.05, 3.63) is 125 Å². The Morgan fingerprint density at radius 3 is 2.22 bits per heavy atom. The van der Waals surface area contributed by atoms with Crippen molar-refractivity contribution in [2.24, 2.45) is 0 Å². The molecule has 0 radical (unpaired) electrons. The summed E-state index contributed by atoms with van der Waals surface area (Å²) in [7, 11) is -4.37. The number of carboxylic acid groups (broad SMARTS) is 1. The molecular formula is C34H29F4NO5S. The molecule has 0 unspecified atom stereocenters. The first-order chi connectivity index (χ1) is 21.1. The van der Waals surface area contributed by atoms with E-state index in [0.717, 1.165) is 33.6 Å². The van der Waals surface area contributed by atoms with Gasteiger partial charge in [-0.15, -0.1) is 0 Å². The average Bonchev–Trinajstić information content (AvgIpc) is 3.47. The Labute approximate surface area is 257 Å². The highest BCUT2D eigenvalue weighted by Crippen LogP contribution is 2.35. The number of fused-ring (bicyclic) bond motifs is 1. The molecule has 45 heavy (non-hydrogen) atoms. The van der Waals surface area contributed by atoms with Crippen LogP contribution in [-0.4, -0.2) is 23.8 Å². The molecule has 0 atom stereocenters. The van der Waals surface area contributed by atoms with E-state index in [1.807, 2.05) is 6.07 Å². The summed E-state index contributed by atoms with van der Waals surface area (Å²) in [4.78, 5) is 11.7. The summed E-state index contributed by atoms with van der Waals surface area (Å²) < 4.78 is 88.3. The van der Waals surface area contributed by atoms with Gasteiger partial charge in [-0.3, -0.25) is 4.79 Å². The minimum atomic E-state index is -4.74. The fraction of sp³-hybridized carbons (Fsp3) is 0.206. The normalized spacial score (nSPS) is 12.6. The summed E-state index contributed by atoms with van der Waals surface area (Å²) in [5.74, 6) is -2.96. The molecule has 0 aliphatic heterocycles. The SMILES string of the molecule is Cc1ccc2cc(F)ccc2c1S(=O)(=O)N(Cc1ccc(-c2cccc(C(C)(C)C(=O)O)c2)cc1)Cc1ccc(C(F)(F)F)o1. The third-order valence-electron chi connectivity index (χ3n) is 7.77. The number of rotatable bonds is 9. The molecule has 0 saturated heterocycles. The molecule has 5 aromatic rings. The highest BCUT2D eigenvalue weighted by molar-refractivity contribution is 7.89. The largest absolute Gasteiger partial charge is 0.481 e. The zero-order valence-corrected chi connectivity index (χ0v) is 25.3. The molecule has 1 heterocycles. The first kappa shape index (κ1) is 31.9. The molecule has 6 nitrogen and oxygen atoms in total. The number of aryl methyl sites for hydroxylation is 1. The second kappa shape index (κ2) is 11.8. The molecular weight excluding hydrogens is 610 g/mol. The van der Waals surface area contributed by atoms with Crippen molar-refractivity contribution < 1.29 is 40.3 Å². The standard InChI is InChI=1S/C34H29F4NO5S/c1-21-7-10-25-18-27(35)13-15-29(25)31(21)45(42,43)39(20-28-14-16-30(44-28)34(36,37)38)19-22-8-11-23(12-9-22)24-5-4-6-26(17-24)33(2,3)32(40)41/h4-18H,19-20H2,1-3H3,(H,40,41). The Morgan fingerprint density at radius 2 is 1.58 bits per heavy atom. The van der Waals surface area contributed by atoms with Gasteiger partial charge < -0.3 is 9.52 Å². The maximum atomic E-state index is 14.3. The van der Waals surface area contributed by atoms with Crippen LogP contribution >= 0.6 is 0 Å². The molecule has 0 saturated carbocycles. The van der Waals surface area contributed by atoms with Crippen LogP contribution in [0.4, 0.5) is 17.6 Å². The van der Waals surface area contributed by atoms with Crippen molar-refractivity contribution in [1.82, 2.24) is 4.31 Å². The smallest absolute Gasteiger partial charge is 0.449 e. The number of alkyl halides is 3. The summed E-state index contributed by atoms with van der Waals surface area (Å²) in [5, 5.41) is 10.3. The Balaban J connectivity index is 1.53. The van der Waals surface area contributed by atoms with Crippen molar-refractivity contribution >= 4 is 26.8 Å². The molecule has 5 rings (SSSR count). The minimum Gasteiger partial charge on any atom is -0.481 e. The van der Waals surface area contributed by atoms with Gasteiger partial charge in [0.1, 0.15) is 11.6 Å². The van der Waals surface area contributed by atoms with E-state index in [2.05, 4.69) is 0 Å². The van der Waals surface area contributed by atoms with Crippen molar-refractivity contribution in [1.29, 1.82) is 0 Å². The second-order valence-electron chi connectivity index (χ2n) is 11.3. The van der Waals surface area contributed by atoms with Crippen molar-refractivity contribution in [2.45, 2.75) is 50.3 Å². The van der Waals surface area contributed by atoms with E-state index in [1.54, 1.807) is 75.4 Å². The monoisotopic (exact) mass is 639 g/mol. The first-order valence-electron chi connectivity index (χ1n) is 13.9. The number of carbonyl (C=O) groups is 1. The minimum absolute atomic E-state index is 0.0860. The summed E-state index contributed by atoms with van der Waals surface area (Å²) in [6.07, 6.45) is -4.74. The molecule has 0 spiro atoms. The lowest BCUT2D eigenvalue weighted by Gasteiger charge is -2.24. The van der Waals surface area contributed by atoms with Gasteiger partial charge in [-0.05, 0) is 78.2 Å². The maximum absolute atomic E-state index is 14.3. The van der Waals surface area contributed by atoms with E-state index in [0.29, 0.717) is 22.1 Å². The fourth-order valence-corrected chi connectivity index (χ4v) is 6.90. The van der Waals surface area contributed by atoms with Gasteiger partial charge in [0.15, 0.2) is 0 Å². The summed E-state index contributed by atoms with van der Waals surface area (Å²) >= 11 is 0. The third-order valence-corrected chi connectivity index (χ3v) is 9.76. The molecule has 4 aromatic carbocycles. The number of carboxylic acids is 1.